The van der Waals surface area contributed by atoms with Crippen LogP contribution in [0.5, 0.6) is 0 Å². The molecule has 0 aromatic heterocycles. The first-order chi connectivity index (χ1) is 12.1. The van der Waals surface area contributed by atoms with Crippen molar-refractivity contribution in [3.05, 3.63) is 0 Å². The van der Waals surface area contributed by atoms with Gasteiger partial charge < -0.3 is 25.0 Å². The van der Waals surface area contributed by atoms with Crippen LogP contribution in [0.2, 0.25) is 0 Å². The summed E-state index contributed by atoms with van der Waals surface area (Å²) in [5, 5.41) is 6.23. The van der Waals surface area contributed by atoms with E-state index in [0.717, 1.165) is 57.9 Å². The van der Waals surface area contributed by atoms with Gasteiger partial charge in [-0.2, -0.15) is 0 Å². The van der Waals surface area contributed by atoms with E-state index in [1.807, 2.05) is 13.8 Å². The van der Waals surface area contributed by atoms with E-state index in [4.69, 9.17) is 9.47 Å². The molecule has 7 heteroatoms. The average molecular weight is 354 g/mol. The standard InChI is InChI=1S/C18H34N4O3/c1-14(2)17(23)20-8-9-21-18(19-3)22-10-6-15(7-11-22)25-13-16-5-4-12-24-16/h14-16H,4-13H2,1-3H3,(H,19,21)(H,20,23). The number of ether oxygens (including phenoxy) is 2. The summed E-state index contributed by atoms with van der Waals surface area (Å²) in [6.45, 7) is 8.57. The molecule has 2 aliphatic rings. The molecule has 0 aromatic rings. The molecule has 1 atom stereocenters. The predicted octanol–water partition coefficient (Wildman–Crippen LogP) is 0.994. The number of hydrogen-bond acceptors (Lipinski definition) is 4. The zero-order chi connectivity index (χ0) is 18.1. The molecule has 0 spiro atoms. The van der Waals surface area contributed by atoms with Crippen LogP contribution in [0.4, 0.5) is 0 Å². The molecule has 2 heterocycles. The quantitative estimate of drug-likeness (QED) is 0.405. The topological polar surface area (TPSA) is 75.2 Å². The fraction of sp³-hybridized carbons (Fsp3) is 0.889. The zero-order valence-corrected chi connectivity index (χ0v) is 15.9. The molecular formula is C18H34N4O3. The minimum absolute atomic E-state index is 0.0213. The number of amides is 1. The lowest BCUT2D eigenvalue weighted by Crippen LogP contribution is -2.48. The van der Waals surface area contributed by atoms with E-state index in [9.17, 15) is 4.79 Å². The predicted molar refractivity (Wildman–Crippen MR) is 98.7 cm³/mol. The first-order valence-corrected chi connectivity index (χ1v) is 9.56. The third kappa shape index (κ3) is 6.82. The molecule has 0 radical (unpaired) electrons. The Morgan fingerprint density at radius 2 is 1.96 bits per heavy atom. The van der Waals surface area contributed by atoms with Crippen LogP contribution < -0.4 is 10.6 Å². The lowest BCUT2D eigenvalue weighted by molar-refractivity contribution is -0.123. The van der Waals surface area contributed by atoms with Gasteiger partial charge >= 0.3 is 0 Å². The molecule has 2 N–H and O–H groups in total. The summed E-state index contributed by atoms with van der Waals surface area (Å²) >= 11 is 0. The first kappa shape index (κ1) is 20.0. The maximum absolute atomic E-state index is 11.5. The summed E-state index contributed by atoms with van der Waals surface area (Å²) in [6.07, 6.45) is 4.93. The van der Waals surface area contributed by atoms with Crippen molar-refractivity contribution in [3.63, 3.8) is 0 Å². The Bertz CT molecular complexity index is 428. The highest BCUT2D eigenvalue weighted by Gasteiger charge is 2.24. The molecule has 2 rings (SSSR count). The van der Waals surface area contributed by atoms with Gasteiger partial charge in [0, 0.05) is 45.8 Å². The SMILES string of the molecule is CN=C(NCCNC(=O)C(C)C)N1CCC(OCC2CCCO2)CC1. The molecule has 7 nitrogen and oxygen atoms in total. The molecule has 2 saturated heterocycles. The van der Waals surface area contributed by atoms with Gasteiger partial charge in [-0.25, -0.2) is 0 Å². The number of likely N-dealkylation sites (tertiary alicyclic amines) is 1. The number of carbonyl (C=O) groups is 1. The second kappa shape index (κ2) is 10.6. The highest BCUT2D eigenvalue weighted by atomic mass is 16.5. The average Bonchev–Trinajstić information content (AvgIpc) is 3.14. The molecule has 0 bridgehead atoms. The van der Waals surface area contributed by atoms with E-state index in [1.165, 1.54) is 0 Å². The number of guanidine groups is 1. The van der Waals surface area contributed by atoms with Gasteiger partial charge in [0.15, 0.2) is 5.96 Å². The molecule has 0 aliphatic carbocycles. The van der Waals surface area contributed by atoms with Gasteiger partial charge in [0.05, 0.1) is 18.8 Å². The Morgan fingerprint density at radius 1 is 1.24 bits per heavy atom. The van der Waals surface area contributed by atoms with Crippen LogP contribution in [-0.4, -0.2) is 75.4 Å². The summed E-state index contributed by atoms with van der Waals surface area (Å²) in [5.74, 6) is 1.00. The van der Waals surface area contributed by atoms with E-state index in [0.29, 0.717) is 25.3 Å². The van der Waals surface area contributed by atoms with Crippen molar-refractivity contribution in [1.29, 1.82) is 0 Å². The van der Waals surface area contributed by atoms with Gasteiger partial charge in [-0.15, -0.1) is 0 Å². The molecule has 144 valence electrons. The van der Waals surface area contributed by atoms with Crippen LogP contribution in [0.3, 0.4) is 0 Å². The molecule has 0 aromatic carbocycles. The van der Waals surface area contributed by atoms with Crippen molar-refractivity contribution in [2.75, 3.05) is 46.4 Å². The van der Waals surface area contributed by atoms with Gasteiger partial charge in [-0.05, 0) is 25.7 Å². The van der Waals surface area contributed by atoms with Crippen molar-refractivity contribution in [3.8, 4) is 0 Å². The van der Waals surface area contributed by atoms with Crippen molar-refractivity contribution in [2.24, 2.45) is 10.9 Å². The van der Waals surface area contributed by atoms with E-state index in [-0.39, 0.29) is 11.8 Å². The van der Waals surface area contributed by atoms with Crippen molar-refractivity contribution < 1.29 is 14.3 Å². The fourth-order valence-corrected chi connectivity index (χ4v) is 3.15. The summed E-state index contributed by atoms with van der Waals surface area (Å²) in [4.78, 5) is 18.2. The lowest BCUT2D eigenvalue weighted by atomic mass is 10.1. The number of carbonyl (C=O) groups excluding carboxylic acids is 1. The van der Waals surface area contributed by atoms with Gasteiger partial charge in [0.2, 0.25) is 5.91 Å². The second-order valence-electron chi connectivity index (χ2n) is 7.07. The van der Waals surface area contributed by atoms with Gasteiger partial charge in [0.25, 0.3) is 0 Å². The highest BCUT2D eigenvalue weighted by Crippen LogP contribution is 2.17. The molecule has 25 heavy (non-hydrogen) atoms. The second-order valence-corrected chi connectivity index (χ2v) is 7.07. The Kier molecular flexibility index (Phi) is 8.48. The maximum Gasteiger partial charge on any atom is 0.222 e. The zero-order valence-electron chi connectivity index (χ0n) is 15.9. The highest BCUT2D eigenvalue weighted by molar-refractivity contribution is 5.80. The monoisotopic (exact) mass is 354 g/mol. The normalized spacial score (nSPS) is 22.5. The first-order valence-electron chi connectivity index (χ1n) is 9.56. The van der Waals surface area contributed by atoms with Gasteiger partial charge in [0.1, 0.15) is 0 Å². The minimum Gasteiger partial charge on any atom is -0.376 e. The van der Waals surface area contributed by atoms with Crippen molar-refractivity contribution in [1.82, 2.24) is 15.5 Å². The van der Waals surface area contributed by atoms with Crippen LogP contribution in [0.1, 0.15) is 39.5 Å². The van der Waals surface area contributed by atoms with Crippen LogP contribution in [0.25, 0.3) is 0 Å². The Hall–Kier alpha value is -1.34. The number of piperidine rings is 1. The summed E-state index contributed by atoms with van der Waals surface area (Å²) < 4.78 is 11.6. The van der Waals surface area contributed by atoms with Crippen LogP contribution in [0, 0.1) is 5.92 Å². The molecule has 1 amide bonds. The largest absolute Gasteiger partial charge is 0.376 e. The molecule has 2 fully saturated rings. The number of rotatable bonds is 7. The number of nitrogens with one attached hydrogen (secondary N) is 2. The minimum atomic E-state index is 0.0213. The summed E-state index contributed by atoms with van der Waals surface area (Å²) in [7, 11) is 1.80. The number of nitrogens with zero attached hydrogens (tertiary/aromatic N) is 2. The van der Waals surface area contributed by atoms with E-state index in [2.05, 4.69) is 20.5 Å². The summed E-state index contributed by atoms with van der Waals surface area (Å²) in [5.41, 5.74) is 0. The van der Waals surface area contributed by atoms with Crippen molar-refractivity contribution in [2.45, 2.75) is 51.7 Å². The Balaban J connectivity index is 1.61. The third-order valence-electron chi connectivity index (χ3n) is 4.73. The Morgan fingerprint density at radius 3 is 2.56 bits per heavy atom. The van der Waals surface area contributed by atoms with Gasteiger partial charge in [-0.1, -0.05) is 13.8 Å². The van der Waals surface area contributed by atoms with Crippen LogP contribution in [-0.2, 0) is 14.3 Å². The fourth-order valence-electron chi connectivity index (χ4n) is 3.15. The smallest absolute Gasteiger partial charge is 0.222 e. The van der Waals surface area contributed by atoms with Crippen molar-refractivity contribution >= 4 is 11.9 Å². The van der Waals surface area contributed by atoms with E-state index < -0.39 is 0 Å². The molecule has 2 aliphatic heterocycles. The van der Waals surface area contributed by atoms with E-state index >= 15 is 0 Å². The van der Waals surface area contributed by atoms with Crippen LogP contribution >= 0.6 is 0 Å². The number of hydrogen-bond donors (Lipinski definition) is 2. The van der Waals surface area contributed by atoms with Gasteiger partial charge in [-0.3, -0.25) is 9.79 Å². The molecule has 0 saturated carbocycles. The molecule has 1 unspecified atom stereocenters. The molecular weight excluding hydrogens is 320 g/mol. The number of aliphatic imine (C=N–C) groups is 1. The third-order valence-corrected chi connectivity index (χ3v) is 4.73. The van der Waals surface area contributed by atoms with E-state index in [1.54, 1.807) is 7.05 Å². The summed E-state index contributed by atoms with van der Waals surface area (Å²) in [6, 6.07) is 0. The maximum atomic E-state index is 11.5. The van der Waals surface area contributed by atoms with Crippen LogP contribution in [0.15, 0.2) is 4.99 Å². The Labute approximate surface area is 151 Å². The lowest BCUT2D eigenvalue weighted by Gasteiger charge is -2.34.